The molecule has 0 spiro atoms. The molecule has 1 fully saturated rings. The van der Waals surface area contributed by atoms with Crippen LogP contribution in [0.5, 0.6) is 5.75 Å². The maximum atomic E-state index is 12.1. The lowest BCUT2D eigenvalue weighted by Gasteiger charge is -2.34. The second-order valence-electron chi connectivity index (χ2n) is 6.49. The Morgan fingerprint density at radius 1 is 1.12 bits per heavy atom. The van der Waals surface area contributed by atoms with Crippen molar-refractivity contribution in [1.82, 2.24) is 4.90 Å². The number of likely N-dealkylation sites (tertiary alicyclic amines) is 1. The van der Waals surface area contributed by atoms with Crippen molar-refractivity contribution in [3.63, 3.8) is 0 Å². The molecule has 0 aromatic heterocycles. The van der Waals surface area contributed by atoms with E-state index in [2.05, 4.69) is 24.0 Å². The van der Waals surface area contributed by atoms with Gasteiger partial charge >= 0.3 is 0 Å². The highest BCUT2D eigenvalue weighted by atomic mass is 16.5. The fraction of sp³-hybridized carbons (Fsp3) is 0.350. The minimum Gasteiger partial charge on any atom is -0.489 e. The maximum absolute atomic E-state index is 12.1. The summed E-state index contributed by atoms with van der Waals surface area (Å²) in [6.45, 7) is 4.26. The Morgan fingerprint density at radius 2 is 1.88 bits per heavy atom. The monoisotopic (exact) mass is 339 g/mol. The number of aryl methyl sites for hydroxylation is 1. The van der Waals surface area contributed by atoms with Crippen LogP contribution in [0.15, 0.2) is 48.5 Å². The normalized spacial score (nSPS) is 19.0. The van der Waals surface area contributed by atoms with Gasteiger partial charge in [-0.05, 0) is 25.5 Å². The number of rotatable bonds is 1. The zero-order chi connectivity index (χ0) is 17.8. The van der Waals surface area contributed by atoms with Crippen molar-refractivity contribution in [2.24, 2.45) is 0 Å². The number of likely N-dealkylation sites (N-methyl/N-ethyl adjacent to an activating group) is 1. The number of ether oxygens (including phenoxy) is 1. The van der Waals surface area contributed by atoms with Gasteiger partial charge in [-0.15, -0.1) is 0 Å². The number of nitrogen functional groups attached to an aromatic ring is 1. The maximum Gasteiger partial charge on any atom is 0.245 e. The number of carbonyl (C=O) groups is 1. The Hall–Kier alpha value is -2.69. The van der Waals surface area contributed by atoms with E-state index in [4.69, 9.17) is 10.5 Å². The summed E-state index contributed by atoms with van der Waals surface area (Å²) < 4.78 is 5.61. The Kier molecular flexibility index (Phi) is 5.12. The Bertz CT molecular complexity index is 733. The lowest BCUT2D eigenvalue weighted by atomic mass is 10.1. The minimum atomic E-state index is -0.0544. The third-order valence-electron chi connectivity index (χ3n) is 4.60. The van der Waals surface area contributed by atoms with Gasteiger partial charge in [0.25, 0.3) is 0 Å². The van der Waals surface area contributed by atoms with Gasteiger partial charge < -0.3 is 20.3 Å². The predicted octanol–water partition coefficient (Wildman–Crippen LogP) is 2.69. The van der Waals surface area contributed by atoms with E-state index in [1.165, 1.54) is 5.56 Å². The number of amides is 1. The molecule has 0 radical (unpaired) electrons. The molecular formula is C20H25N3O2. The Labute approximate surface area is 149 Å². The predicted molar refractivity (Wildman–Crippen MR) is 101 cm³/mol. The van der Waals surface area contributed by atoms with Crippen LogP contribution in [0.1, 0.15) is 12.0 Å². The van der Waals surface area contributed by atoms with Gasteiger partial charge in [-0.2, -0.15) is 0 Å². The summed E-state index contributed by atoms with van der Waals surface area (Å²) in [6.07, 6.45) is 0.874. The molecule has 1 unspecified atom stereocenters. The first-order chi connectivity index (χ1) is 12.1. The van der Waals surface area contributed by atoms with Crippen LogP contribution in [0.4, 0.5) is 11.4 Å². The van der Waals surface area contributed by atoms with Gasteiger partial charge in [0.1, 0.15) is 18.4 Å². The summed E-state index contributed by atoms with van der Waals surface area (Å²) in [6, 6.07) is 15.8. The van der Waals surface area contributed by atoms with E-state index in [1.807, 2.05) is 43.4 Å². The highest BCUT2D eigenvalue weighted by Crippen LogP contribution is 2.36. The van der Waals surface area contributed by atoms with Crippen LogP contribution in [-0.2, 0) is 4.79 Å². The number of benzene rings is 2. The SMILES string of the molecule is CN1CCC(N2CCOc3cc(N)ccc32)C1=O.Cc1ccccc1. The summed E-state index contributed by atoms with van der Waals surface area (Å²) in [5.41, 5.74) is 8.74. The number of fused-ring (bicyclic) bond motifs is 1. The molecule has 0 bridgehead atoms. The number of nitrogens with zero attached hydrogens (tertiary/aromatic N) is 2. The molecular weight excluding hydrogens is 314 g/mol. The molecule has 2 aliphatic heterocycles. The topological polar surface area (TPSA) is 58.8 Å². The Morgan fingerprint density at radius 3 is 2.48 bits per heavy atom. The van der Waals surface area contributed by atoms with Gasteiger partial charge in [-0.3, -0.25) is 4.79 Å². The fourth-order valence-corrected chi connectivity index (χ4v) is 3.21. The zero-order valence-corrected chi connectivity index (χ0v) is 14.8. The average Bonchev–Trinajstić information content (AvgIpc) is 2.94. The highest BCUT2D eigenvalue weighted by Gasteiger charge is 2.36. The summed E-state index contributed by atoms with van der Waals surface area (Å²) >= 11 is 0. The molecule has 1 saturated heterocycles. The van der Waals surface area contributed by atoms with Crippen LogP contribution in [0.2, 0.25) is 0 Å². The van der Waals surface area contributed by atoms with E-state index in [-0.39, 0.29) is 11.9 Å². The molecule has 2 aromatic carbocycles. The standard InChI is InChI=1S/C13H17N3O2.C7H8/c1-15-5-4-11(13(15)17)16-6-7-18-12-8-9(14)2-3-10(12)16;1-7-5-3-2-4-6-7/h2-3,8,11H,4-7,14H2,1H3;2-6H,1H3. The second-order valence-corrected chi connectivity index (χ2v) is 6.49. The van der Waals surface area contributed by atoms with E-state index in [0.717, 1.165) is 30.9 Å². The van der Waals surface area contributed by atoms with Crippen molar-refractivity contribution in [3.05, 3.63) is 54.1 Å². The van der Waals surface area contributed by atoms with Gasteiger partial charge in [0.2, 0.25) is 5.91 Å². The summed E-state index contributed by atoms with van der Waals surface area (Å²) in [4.78, 5) is 16.0. The van der Waals surface area contributed by atoms with Gasteiger partial charge in [0.15, 0.2) is 0 Å². The molecule has 5 heteroatoms. The molecule has 2 aromatic rings. The first-order valence-corrected chi connectivity index (χ1v) is 8.62. The van der Waals surface area contributed by atoms with Gasteiger partial charge in [-0.25, -0.2) is 0 Å². The lowest BCUT2D eigenvalue weighted by molar-refractivity contribution is -0.127. The molecule has 132 valence electrons. The van der Waals surface area contributed by atoms with Gasteiger partial charge in [-0.1, -0.05) is 35.9 Å². The van der Waals surface area contributed by atoms with Crippen molar-refractivity contribution in [2.75, 3.05) is 37.4 Å². The third kappa shape index (κ3) is 3.87. The van der Waals surface area contributed by atoms with E-state index < -0.39 is 0 Å². The number of hydrogen-bond acceptors (Lipinski definition) is 4. The van der Waals surface area contributed by atoms with Crippen LogP contribution in [0.3, 0.4) is 0 Å². The van der Waals surface area contributed by atoms with Crippen LogP contribution in [-0.4, -0.2) is 43.6 Å². The average molecular weight is 339 g/mol. The van der Waals surface area contributed by atoms with E-state index >= 15 is 0 Å². The van der Waals surface area contributed by atoms with Crippen LogP contribution in [0, 0.1) is 6.92 Å². The molecule has 2 N–H and O–H groups in total. The molecule has 4 rings (SSSR count). The number of nitrogens with two attached hydrogens (primary N) is 1. The fourth-order valence-electron chi connectivity index (χ4n) is 3.21. The molecule has 0 saturated carbocycles. The Balaban J connectivity index is 0.000000219. The third-order valence-corrected chi connectivity index (χ3v) is 4.60. The molecule has 25 heavy (non-hydrogen) atoms. The van der Waals surface area contributed by atoms with Gasteiger partial charge in [0, 0.05) is 25.3 Å². The van der Waals surface area contributed by atoms with E-state index in [0.29, 0.717) is 12.3 Å². The van der Waals surface area contributed by atoms with Crippen molar-refractivity contribution in [3.8, 4) is 5.75 Å². The molecule has 5 nitrogen and oxygen atoms in total. The summed E-state index contributed by atoms with van der Waals surface area (Å²) in [7, 11) is 1.85. The lowest BCUT2D eigenvalue weighted by Crippen LogP contribution is -2.45. The van der Waals surface area contributed by atoms with E-state index in [1.54, 1.807) is 4.90 Å². The summed E-state index contributed by atoms with van der Waals surface area (Å²) in [5.74, 6) is 0.975. The van der Waals surface area contributed by atoms with Crippen LogP contribution in [0.25, 0.3) is 0 Å². The molecule has 2 heterocycles. The van der Waals surface area contributed by atoms with Gasteiger partial charge in [0.05, 0.1) is 12.2 Å². The summed E-state index contributed by atoms with van der Waals surface area (Å²) in [5, 5.41) is 0. The van der Waals surface area contributed by atoms with Crippen molar-refractivity contribution < 1.29 is 9.53 Å². The van der Waals surface area contributed by atoms with Crippen molar-refractivity contribution in [1.29, 1.82) is 0 Å². The highest BCUT2D eigenvalue weighted by molar-refractivity contribution is 5.88. The zero-order valence-electron chi connectivity index (χ0n) is 14.8. The molecule has 1 amide bonds. The van der Waals surface area contributed by atoms with Crippen molar-refractivity contribution in [2.45, 2.75) is 19.4 Å². The quantitative estimate of drug-likeness (QED) is 0.812. The molecule has 0 aliphatic carbocycles. The first-order valence-electron chi connectivity index (χ1n) is 8.62. The number of hydrogen-bond donors (Lipinski definition) is 1. The largest absolute Gasteiger partial charge is 0.489 e. The first kappa shape index (κ1) is 17.1. The van der Waals surface area contributed by atoms with Crippen molar-refractivity contribution >= 4 is 17.3 Å². The number of carbonyl (C=O) groups excluding carboxylic acids is 1. The van der Waals surface area contributed by atoms with Crippen LogP contribution < -0.4 is 15.4 Å². The van der Waals surface area contributed by atoms with E-state index in [9.17, 15) is 4.79 Å². The molecule has 2 aliphatic rings. The second kappa shape index (κ2) is 7.47. The number of anilines is 2. The minimum absolute atomic E-state index is 0.0544. The van der Waals surface area contributed by atoms with Crippen LogP contribution >= 0.6 is 0 Å². The molecule has 1 atom stereocenters. The smallest absolute Gasteiger partial charge is 0.245 e.